The second-order valence-electron chi connectivity index (χ2n) is 8.32. The lowest BCUT2D eigenvalue weighted by Gasteiger charge is -2.19. The van der Waals surface area contributed by atoms with Gasteiger partial charge in [0.2, 0.25) is 12.6 Å². The van der Waals surface area contributed by atoms with Gasteiger partial charge in [0.15, 0.2) is 0 Å². The molecule has 2 atom stereocenters. The first kappa shape index (κ1) is 27.1. The molecule has 0 radical (unpaired) electrons. The highest BCUT2D eigenvalue weighted by molar-refractivity contribution is 5.93. The number of esters is 2. The van der Waals surface area contributed by atoms with E-state index in [0.29, 0.717) is 24.3 Å². The summed E-state index contributed by atoms with van der Waals surface area (Å²) in [6.07, 6.45) is 2.07. The largest absolute Gasteiger partial charge is 0.428 e. The van der Waals surface area contributed by atoms with Crippen molar-refractivity contribution in [3.8, 4) is 0 Å². The first-order valence-corrected chi connectivity index (χ1v) is 12.5. The lowest BCUT2D eigenvalue weighted by Crippen LogP contribution is -2.16. The van der Waals surface area contributed by atoms with Gasteiger partial charge in [0.1, 0.15) is 0 Å². The Labute approximate surface area is 213 Å². The Bertz CT molecular complexity index is 963. The molecular weight excluding hydrogens is 456 g/mol. The maximum Gasteiger partial charge on any atom is 0.340 e. The summed E-state index contributed by atoms with van der Waals surface area (Å²) in [7, 11) is 0. The Kier molecular flexibility index (Phi) is 11.2. The van der Waals surface area contributed by atoms with Crippen LogP contribution < -0.4 is 0 Å². The van der Waals surface area contributed by atoms with Gasteiger partial charge in [-0.2, -0.15) is 0 Å². The van der Waals surface area contributed by atoms with Crippen molar-refractivity contribution in [3.63, 3.8) is 0 Å². The summed E-state index contributed by atoms with van der Waals surface area (Å²) in [5, 5.41) is 0. The number of benzene rings is 3. The van der Waals surface area contributed by atoms with Crippen LogP contribution >= 0.6 is 0 Å². The molecule has 3 aromatic carbocycles. The van der Waals surface area contributed by atoms with Crippen molar-refractivity contribution < 1.29 is 28.5 Å². The molecule has 0 N–H and O–H groups in total. The topological polar surface area (TPSA) is 71.1 Å². The van der Waals surface area contributed by atoms with E-state index in [9.17, 15) is 9.59 Å². The fourth-order valence-corrected chi connectivity index (χ4v) is 3.36. The lowest BCUT2D eigenvalue weighted by molar-refractivity contribution is -0.115. The molecule has 0 saturated heterocycles. The quantitative estimate of drug-likeness (QED) is 0.137. The summed E-state index contributed by atoms with van der Waals surface area (Å²) in [5.74, 6) is -1.07. The van der Waals surface area contributed by atoms with Crippen molar-refractivity contribution in [1.82, 2.24) is 0 Å². The molecule has 3 rings (SSSR count). The number of ether oxygens (including phenoxy) is 4. The second-order valence-corrected chi connectivity index (χ2v) is 8.32. The molecule has 36 heavy (non-hydrogen) atoms. The van der Waals surface area contributed by atoms with Crippen molar-refractivity contribution in [3.05, 3.63) is 107 Å². The summed E-state index contributed by atoms with van der Waals surface area (Å²) in [5.41, 5.74) is 2.14. The SMILES string of the molecule is CCCCOC(OC(=O)c1ccc(C(=O)OC(OCCCC)c2ccccc2)cc1)c1ccccc1. The van der Waals surface area contributed by atoms with E-state index in [0.717, 1.165) is 36.8 Å². The Morgan fingerprint density at radius 2 is 0.944 bits per heavy atom. The first-order chi connectivity index (χ1) is 17.6. The Balaban J connectivity index is 1.65. The molecule has 6 nitrogen and oxygen atoms in total. The van der Waals surface area contributed by atoms with E-state index in [1.165, 1.54) is 0 Å². The Morgan fingerprint density at radius 1 is 0.583 bits per heavy atom. The number of carbonyl (C=O) groups is 2. The fourth-order valence-electron chi connectivity index (χ4n) is 3.36. The van der Waals surface area contributed by atoms with Crippen LogP contribution in [0.5, 0.6) is 0 Å². The highest BCUT2D eigenvalue weighted by Gasteiger charge is 2.21. The predicted octanol–water partition coefficient (Wildman–Crippen LogP) is 7.03. The maximum absolute atomic E-state index is 12.8. The van der Waals surface area contributed by atoms with Crippen molar-refractivity contribution in [2.45, 2.75) is 52.1 Å². The first-order valence-electron chi connectivity index (χ1n) is 12.5. The standard InChI is InChI=1S/C30H34O6/c1-3-5-21-33-29(25-13-9-7-10-14-25)35-27(31)23-17-19-24(20-18-23)28(32)36-30(34-22-6-4-2)26-15-11-8-12-16-26/h7-20,29-30H,3-6,21-22H2,1-2H3. The highest BCUT2D eigenvalue weighted by atomic mass is 16.7. The van der Waals surface area contributed by atoms with E-state index in [2.05, 4.69) is 13.8 Å². The minimum atomic E-state index is -0.804. The van der Waals surface area contributed by atoms with Crippen LogP contribution in [0.15, 0.2) is 84.9 Å². The minimum absolute atomic E-state index is 0.311. The van der Waals surface area contributed by atoms with Crippen LogP contribution in [0.1, 0.15) is 84.0 Å². The van der Waals surface area contributed by atoms with Gasteiger partial charge in [0.05, 0.1) is 24.3 Å². The molecule has 0 aliphatic carbocycles. The van der Waals surface area contributed by atoms with Crippen molar-refractivity contribution >= 4 is 11.9 Å². The molecule has 0 fully saturated rings. The predicted molar refractivity (Wildman–Crippen MR) is 137 cm³/mol. The van der Waals surface area contributed by atoms with Crippen LogP contribution in [0.25, 0.3) is 0 Å². The van der Waals surface area contributed by atoms with Crippen LogP contribution in [-0.4, -0.2) is 25.2 Å². The van der Waals surface area contributed by atoms with E-state index >= 15 is 0 Å². The molecule has 190 valence electrons. The molecule has 0 saturated carbocycles. The van der Waals surface area contributed by atoms with Crippen LogP contribution in [-0.2, 0) is 18.9 Å². The fraction of sp³-hybridized carbons (Fsp3) is 0.333. The van der Waals surface area contributed by atoms with E-state index in [1.807, 2.05) is 60.7 Å². The average Bonchev–Trinajstić information content (AvgIpc) is 2.93. The van der Waals surface area contributed by atoms with Gasteiger partial charge in [-0.05, 0) is 37.1 Å². The van der Waals surface area contributed by atoms with Gasteiger partial charge in [-0.3, -0.25) is 0 Å². The van der Waals surface area contributed by atoms with Crippen molar-refractivity contribution in [2.24, 2.45) is 0 Å². The third-order valence-electron chi connectivity index (χ3n) is 5.46. The zero-order valence-corrected chi connectivity index (χ0v) is 20.9. The number of hydrogen-bond acceptors (Lipinski definition) is 6. The molecule has 0 heterocycles. The summed E-state index contributed by atoms with van der Waals surface area (Å²) >= 11 is 0. The molecule has 0 amide bonds. The van der Waals surface area contributed by atoms with E-state index in [1.54, 1.807) is 24.3 Å². The van der Waals surface area contributed by atoms with E-state index in [4.69, 9.17) is 18.9 Å². The van der Waals surface area contributed by atoms with Gasteiger partial charge >= 0.3 is 11.9 Å². The monoisotopic (exact) mass is 490 g/mol. The van der Waals surface area contributed by atoms with Gasteiger partial charge < -0.3 is 18.9 Å². The maximum atomic E-state index is 12.8. The van der Waals surface area contributed by atoms with E-state index in [-0.39, 0.29) is 0 Å². The summed E-state index contributed by atoms with van der Waals surface area (Å²) in [4.78, 5) is 25.6. The summed E-state index contributed by atoms with van der Waals surface area (Å²) in [6.45, 7) is 5.10. The number of hydrogen-bond donors (Lipinski definition) is 0. The molecule has 0 aliphatic rings. The summed E-state index contributed by atoms with van der Waals surface area (Å²) in [6, 6.07) is 24.9. The normalized spacial score (nSPS) is 12.5. The van der Waals surface area contributed by atoms with Crippen LogP contribution in [0, 0.1) is 0 Å². The molecular formula is C30H34O6. The average molecular weight is 491 g/mol. The number of carbonyl (C=O) groups excluding carboxylic acids is 2. The minimum Gasteiger partial charge on any atom is -0.428 e. The molecule has 0 spiro atoms. The van der Waals surface area contributed by atoms with Crippen molar-refractivity contribution in [2.75, 3.05) is 13.2 Å². The van der Waals surface area contributed by atoms with Gasteiger partial charge in [0, 0.05) is 11.1 Å². The van der Waals surface area contributed by atoms with Crippen LogP contribution in [0.3, 0.4) is 0 Å². The summed E-state index contributed by atoms with van der Waals surface area (Å²) < 4.78 is 22.9. The zero-order valence-electron chi connectivity index (χ0n) is 20.9. The zero-order chi connectivity index (χ0) is 25.6. The molecule has 2 unspecified atom stereocenters. The highest BCUT2D eigenvalue weighted by Crippen LogP contribution is 2.23. The van der Waals surface area contributed by atoms with Gasteiger partial charge in [-0.25, -0.2) is 9.59 Å². The van der Waals surface area contributed by atoms with E-state index < -0.39 is 24.5 Å². The Hall–Kier alpha value is -3.48. The van der Waals surface area contributed by atoms with Crippen molar-refractivity contribution in [1.29, 1.82) is 0 Å². The second kappa shape index (κ2) is 14.8. The third-order valence-corrected chi connectivity index (χ3v) is 5.46. The smallest absolute Gasteiger partial charge is 0.340 e. The number of unbranched alkanes of at least 4 members (excludes halogenated alkanes) is 2. The van der Waals surface area contributed by atoms with Gasteiger partial charge in [-0.15, -0.1) is 0 Å². The number of rotatable bonds is 14. The Morgan fingerprint density at radius 3 is 1.28 bits per heavy atom. The molecule has 6 heteroatoms. The van der Waals surface area contributed by atoms with Crippen LogP contribution in [0.4, 0.5) is 0 Å². The molecule has 0 aliphatic heterocycles. The van der Waals surface area contributed by atoms with Crippen LogP contribution in [0.2, 0.25) is 0 Å². The molecule has 3 aromatic rings. The lowest BCUT2D eigenvalue weighted by atomic mass is 10.1. The molecule has 0 aromatic heterocycles. The third kappa shape index (κ3) is 8.33. The van der Waals surface area contributed by atoms with Gasteiger partial charge in [0.25, 0.3) is 0 Å². The van der Waals surface area contributed by atoms with Gasteiger partial charge in [-0.1, -0.05) is 87.4 Å². The molecule has 0 bridgehead atoms.